The fraction of sp³-hybridized carbons (Fsp3) is 0.263. The van der Waals surface area contributed by atoms with Crippen LogP contribution in [0.1, 0.15) is 44.6 Å². The lowest BCUT2D eigenvalue weighted by Gasteiger charge is -2.26. The van der Waals surface area contributed by atoms with E-state index in [0.29, 0.717) is 5.56 Å². The van der Waals surface area contributed by atoms with Crippen LogP contribution >= 0.6 is 0 Å². The molecule has 1 unspecified atom stereocenters. The first-order valence-corrected chi connectivity index (χ1v) is 10.8. The molecule has 11 heteroatoms. The van der Waals surface area contributed by atoms with Gasteiger partial charge in [-0.15, -0.1) is 0 Å². The second-order valence-electron chi connectivity index (χ2n) is 6.86. The van der Waals surface area contributed by atoms with Crippen LogP contribution in [0.25, 0.3) is 5.65 Å². The fourth-order valence-electron chi connectivity index (χ4n) is 3.63. The lowest BCUT2D eigenvalue weighted by Crippen LogP contribution is -2.34. The highest BCUT2D eigenvalue weighted by molar-refractivity contribution is 7.91. The lowest BCUT2D eigenvalue weighted by atomic mass is 10.0. The molecule has 3 heterocycles. The first kappa shape index (κ1) is 20.0. The van der Waals surface area contributed by atoms with E-state index >= 15 is 0 Å². The van der Waals surface area contributed by atoms with Crippen LogP contribution in [-0.4, -0.2) is 47.7 Å². The number of imidazole rings is 1. The van der Waals surface area contributed by atoms with Crippen LogP contribution in [0.5, 0.6) is 0 Å². The number of sulfone groups is 1. The van der Waals surface area contributed by atoms with Gasteiger partial charge in [0, 0.05) is 13.3 Å². The zero-order valence-corrected chi connectivity index (χ0v) is 16.8. The number of ether oxygens (including phenoxy) is 1. The molecule has 10 nitrogen and oxygen atoms in total. The summed E-state index contributed by atoms with van der Waals surface area (Å²) in [5, 5.41) is 6.97. The number of nitrogens with zero attached hydrogens (tertiary/aromatic N) is 3. The second kappa shape index (κ2) is 7.50. The third kappa shape index (κ3) is 3.31. The summed E-state index contributed by atoms with van der Waals surface area (Å²) in [6.45, 7) is 0.0244. The second-order valence-corrected chi connectivity index (χ2v) is 8.93. The highest BCUT2D eigenvalue weighted by Gasteiger charge is 2.31. The summed E-state index contributed by atoms with van der Waals surface area (Å²) >= 11 is 0. The van der Waals surface area contributed by atoms with Crippen LogP contribution in [0.2, 0.25) is 0 Å². The molecule has 0 bridgehead atoms. The van der Waals surface area contributed by atoms with Crippen molar-refractivity contribution in [2.24, 2.45) is 5.73 Å². The van der Waals surface area contributed by atoms with Crippen LogP contribution < -0.4 is 11.1 Å². The van der Waals surface area contributed by atoms with Gasteiger partial charge in [-0.2, -0.15) is 5.10 Å². The van der Waals surface area contributed by atoms with Gasteiger partial charge in [-0.25, -0.2) is 17.9 Å². The summed E-state index contributed by atoms with van der Waals surface area (Å²) in [5.74, 6) is -1.27. The average molecular weight is 429 g/mol. The number of rotatable bonds is 5. The summed E-state index contributed by atoms with van der Waals surface area (Å²) < 4.78 is 30.9. The number of aromatic nitrogens is 3. The largest absolute Gasteiger partial charge is 0.378 e. The third-order valence-corrected chi connectivity index (χ3v) is 6.78. The zero-order chi connectivity index (χ0) is 21.5. The maximum Gasteiger partial charge on any atom is 0.269 e. The van der Waals surface area contributed by atoms with Gasteiger partial charge in [-0.05, 0) is 24.1 Å². The summed E-state index contributed by atoms with van der Waals surface area (Å²) in [5.41, 5.74) is 6.65. The van der Waals surface area contributed by atoms with Crippen molar-refractivity contribution in [1.82, 2.24) is 19.9 Å². The zero-order valence-electron chi connectivity index (χ0n) is 16.0. The van der Waals surface area contributed by atoms with Crippen LogP contribution in [0.15, 0.2) is 41.4 Å². The predicted octanol–water partition coefficient (Wildman–Crippen LogP) is 0.623. The molecule has 0 saturated heterocycles. The number of hydrogen-bond acceptors (Lipinski definition) is 7. The molecule has 1 atom stereocenters. The Morgan fingerprint density at radius 3 is 2.80 bits per heavy atom. The van der Waals surface area contributed by atoms with Gasteiger partial charge < -0.3 is 15.8 Å². The van der Waals surface area contributed by atoms with E-state index in [1.165, 1.54) is 23.9 Å². The molecule has 0 spiro atoms. The van der Waals surface area contributed by atoms with E-state index in [0.717, 1.165) is 0 Å². The molecule has 156 valence electrons. The SMILES string of the molecule is COCc1nc2c(C(=O)NC3CCS(=O)(=O)c4ccccc43)ccnn2c1C(N)=O. The molecule has 0 aliphatic carbocycles. The number of carbonyl (C=O) groups excluding carboxylic acids is 2. The molecule has 2 amide bonds. The average Bonchev–Trinajstić information content (AvgIpc) is 3.09. The smallest absolute Gasteiger partial charge is 0.269 e. The number of fused-ring (bicyclic) bond motifs is 2. The van der Waals surface area contributed by atoms with E-state index in [-0.39, 0.29) is 46.3 Å². The monoisotopic (exact) mass is 429 g/mol. The van der Waals surface area contributed by atoms with Crippen molar-refractivity contribution in [3.63, 3.8) is 0 Å². The van der Waals surface area contributed by atoms with Crippen molar-refractivity contribution in [3.05, 3.63) is 59.0 Å². The van der Waals surface area contributed by atoms with Gasteiger partial charge in [0.05, 0.1) is 28.9 Å². The minimum Gasteiger partial charge on any atom is -0.378 e. The Morgan fingerprint density at radius 1 is 1.30 bits per heavy atom. The number of carbonyl (C=O) groups is 2. The van der Waals surface area contributed by atoms with Crippen molar-refractivity contribution < 1.29 is 22.7 Å². The number of primary amides is 1. The minimum atomic E-state index is -3.37. The molecule has 0 radical (unpaired) electrons. The van der Waals surface area contributed by atoms with E-state index in [2.05, 4.69) is 15.4 Å². The molecule has 1 aromatic carbocycles. The molecule has 1 aliphatic rings. The van der Waals surface area contributed by atoms with Crippen LogP contribution in [-0.2, 0) is 21.2 Å². The summed E-state index contributed by atoms with van der Waals surface area (Å²) in [6, 6.07) is 7.61. The van der Waals surface area contributed by atoms with E-state index < -0.39 is 27.7 Å². The maximum atomic E-state index is 13.1. The van der Waals surface area contributed by atoms with Gasteiger partial charge >= 0.3 is 0 Å². The van der Waals surface area contributed by atoms with Crippen LogP contribution in [0, 0.1) is 0 Å². The van der Waals surface area contributed by atoms with Crippen LogP contribution in [0.4, 0.5) is 0 Å². The lowest BCUT2D eigenvalue weighted by molar-refractivity contribution is 0.0933. The molecule has 3 aromatic rings. The molecule has 30 heavy (non-hydrogen) atoms. The molecule has 3 N–H and O–H groups in total. The van der Waals surface area contributed by atoms with Gasteiger partial charge in [0.2, 0.25) is 0 Å². The van der Waals surface area contributed by atoms with Gasteiger partial charge in [0.25, 0.3) is 11.8 Å². The Labute approximate surface area is 172 Å². The Hall–Kier alpha value is -3.31. The number of methoxy groups -OCH3 is 1. The normalized spacial score (nSPS) is 17.4. The number of hydrogen-bond donors (Lipinski definition) is 2. The van der Waals surface area contributed by atoms with Gasteiger partial charge in [-0.1, -0.05) is 18.2 Å². The van der Waals surface area contributed by atoms with E-state index in [9.17, 15) is 18.0 Å². The maximum absolute atomic E-state index is 13.1. The van der Waals surface area contributed by atoms with Crippen molar-refractivity contribution in [3.8, 4) is 0 Å². The summed E-state index contributed by atoms with van der Waals surface area (Å²) in [4.78, 5) is 29.5. The van der Waals surface area contributed by atoms with E-state index in [4.69, 9.17) is 10.5 Å². The highest BCUT2D eigenvalue weighted by Crippen LogP contribution is 2.32. The van der Waals surface area contributed by atoms with Gasteiger partial charge in [-0.3, -0.25) is 9.59 Å². The minimum absolute atomic E-state index is 0.0244. The van der Waals surface area contributed by atoms with E-state index in [1.54, 1.807) is 24.3 Å². The standard InChI is InChI=1S/C19H19N5O5S/c1-29-10-14-16(17(20)25)24-18(22-14)12(6-8-21-24)19(26)23-13-7-9-30(27,28)15-5-3-2-4-11(13)15/h2-6,8,13H,7,9-10H2,1H3,(H2,20,25)(H,23,26). The topological polar surface area (TPSA) is 146 Å². The first-order chi connectivity index (χ1) is 14.3. The quantitative estimate of drug-likeness (QED) is 0.604. The number of benzene rings is 1. The van der Waals surface area contributed by atoms with Crippen molar-refractivity contribution in [2.75, 3.05) is 12.9 Å². The highest BCUT2D eigenvalue weighted by atomic mass is 32.2. The van der Waals surface area contributed by atoms with Gasteiger partial charge in [0.15, 0.2) is 21.2 Å². The van der Waals surface area contributed by atoms with Crippen molar-refractivity contribution >= 4 is 27.3 Å². The summed E-state index contributed by atoms with van der Waals surface area (Å²) in [7, 11) is -1.92. The Bertz CT molecular complexity index is 1270. The third-order valence-electron chi connectivity index (χ3n) is 4.96. The summed E-state index contributed by atoms with van der Waals surface area (Å²) in [6.07, 6.45) is 1.62. The van der Waals surface area contributed by atoms with Crippen molar-refractivity contribution in [2.45, 2.75) is 24.0 Å². The molecule has 2 aromatic heterocycles. The first-order valence-electron chi connectivity index (χ1n) is 9.11. The molecule has 1 aliphatic heterocycles. The Kier molecular flexibility index (Phi) is 5.00. The molecular weight excluding hydrogens is 410 g/mol. The Balaban J connectivity index is 1.73. The molecule has 0 saturated carbocycles. The van der Waals surface area contributed by atoms with Crippen LogP contribution in [0.3, 0.4) is 0 Å². The molecular formula is C19H19N5O5S. The van der Waals surface area contributed by atoms with Crippen molar-refractivity contribution in [1.29, 1.82) is 0 Å². The predicted molar refractivity (Wildman–Crippen MR) is 106 cm³/mol. The Morgan fingerprint density at radius 2 is 2.07 bits per heavy atom. The van der Waals surface area contributed by atoms with E-state index in [1.807, 2.05) is 0 Å². The fourth-order valence-corrected chi connectivity index (χ4v) is 5.25. The number of amides is 2. The number of nitrogens with one attached hydrogen (secondary N) is 1. The molecule has 4 rings (SSSR count). The molecule has 0 fully saturated rings. The number of nitrogens with two attached hydrogens (primary N) is 1. The van der Waals surface area contributed by atoms with Gasteiger partial charge in [0.1, 0.15) is 5.69 Å².